The van der Waals surface area contributed by atoms with Crippen molar-refractivity contribution in [2.45, 2.75) is 38.4 Å². The van der Waals surface area contributed by atoms with Crippen molar-refractivity contribution in [3.63, 3.8) is 0 Å². The molecule has 0 bridgehead atoms. The molecule has 0 heterocycles. The number of carbonyl (C=O) groups excluding carboxylic acids is 1. The van der Waals surface area contributed by atoms with Crippen molar-refractivity contribution < 1.29 is 9.90 Å². The standard InChI is InChI=1S/C15H23NO2S/c1-3-4-11-19-12(2)15(18)16-14-7-5-13(6-8-14)9-10-17/h5-8,12,17H,3-4,9-11H2,1-2H3,(H,16,18). The average molecular weight is 281 g/mol. The summed E-state index contributed by atoms with van der Waals surface area (Å²) < 4.78 is 0. The van der Waals surface area contributed by atoms with Gasteiger partial charge in [-0.3, -0.25) is 4.79 Å². The van der Waals surface area contributed by atoms with Crippen LogP contribution in [0.25, 0.3) is 0 Å². The maximum Gasteiger partial charge on any atom is 0.237 e. The van der Waals surface area contributed by atoms with Gasteiger partial charge in [-0.25, -0.2) is 0 Å². The molecule has 0 radical (unpaired) electrons. The number of thioether (sulfide) groups is 1. The van der Waals surface area contributed by atoms with E-state index in [2.05, 4.69) is 12.2 Å². The predicted octanol–water partition coefficient (Wildman–Crippen LogP) is 3.08. The molecule has 19 heavy (non-hydrogen) atoms. The summed E-state index contributed by atoms with van der Waals surface area (Å²) in [5.74, 6) is 1.08. The molecule has 0 aliphatic rings. The van der Waals surface area contributed by atoms with Crippen LogP contribution in [0, 0.1) is 0 Å². The number of aliphatic hydroxyl groups is 1. The molecule has 0 saturated carbocycles. The van der Waals surface area contributed by atoms with Crippen molar-refractivity contribution in [3.05, 3.63) is 29.8 Å². The third-order valence-corrected chi connectivity index (χ3v) is 4.10. The van der Waals surface area contributed by atoms with Gasteiger partial charge in [-0.2, -0.15) is 0 Å². The second-order valence-electron chi connectivity index (χ2n) is 4.53. The van der Waals surface area contributed by atoms with Gasteiger partial charge >= 0.3 is 0 Å². The summed E-state index contributed by atoms with van der Waals surface area (Å²) in [5.41, 5.74) is 1.89. The highest BCUT2D eigenvalue weighted by atomic mass is 32.2. The van der Waals surface area contributed by atoms with E-state index in [1.807, 2.05) is 31.2 Å². The van der Waals surface area contributed by atoms with Crippen molar-refractivity contribution in [3.8, 4) is 0 Å². The van der Waals surface area contributed by atoms with Crippen LogP contribution in [-0.2, 0) is 11.2 Å². The molecule has 1 atom stereocenters. The molecule has 1 amide bonds. The number of benzene rings is 1. The Morgan fingerprint density at radius 3 is 2.63 bits per heavy atom. The molecule has 1 aromatic rings. The largest absolute Gasteiger partial charge is 0.396 e. The third-order valence-electron chi connectivity index (χ3n) is 2.86. The highest BCUT2D eigenvalue weighted by Crippen LogP contribution is 2.16. The molecule has 0 spiro atoms. The number of unbranched alkanes of at least 4 members (excludes halogenated alkanes) is 1. The number of carbonyl (C=O) groups is 1. The number of anilines is 1. The topological polar surface area (TPSA) is 49.3 Å². The number of rotatable bonds is 8. The van der Waals surface area contributed by atoms with E-state index in [4.69, 9.17) is 5.11 Å². The number of hydrogen-bond donors (Lipinski definition) is 2. The first-order chi connectivity index (χ1) is 9.17. The highest BCUT2D eigenvalue weighted by Gasteiger charge is 2.12. The smallest absolute Gasteiger partial charge is 0.237 e. The summed E-state index contributed by atoms with van der Waals surface area (Å²) in [7, 11) is 0. The molecular formula is C15H23NO2S. The monoisotopic (exact) mass is 281 g/mol. The lowest BCUT2D eigenvalue weighted by molar-refractivity contribution is -0.115. The predicted molar refractivity (Wildman–Crippen MR) is 82.7 cm³/mol. The third kappa shape index (κ3) is 6.12. The molecule has 0 fully saturated rings. The Bertz CT molecular complexity index is 378. The molecule has 106 valence electrons. The Morgan fingerprint density at radius 2 is 2.05 bits per heavy atom. The fraction of sp³-hybridized carbons (Fsp3) is 0.533. The number of amides is 1. The van der Waals surface area contributed by atoms with Crippen LogP contribution in [-0.4, -0.2) is 28.6 Å². The van der Waals surface area contributed by atoms with E-state index in [1.165, 1.54) is 0 Å². The SMILES string of the molecule is CCCCSC(C)C(=O)Nc1ccc(CCO)cc1. The normalized spacial score (nSPS) is 12.2. The maximum absolute atomic E-state index is 11.9. The van der Waals surface area contributed by atoms with Gasteiger partial charge in [-0.15, -0.1) is 11.8 Å². The van der Waals surface area contributed by atoms with Gasteiger partial charge in [0.05, 0.1) is 5.25 Å². The summed E-state index contributed by atoms with van der Waals surface area (Å²) in [6.45, 7) is 4.24. The Morgan fingerprint density at radius 1 is 1.37 bits per heavy atom. The molecule has 2 N–H and O–H groups in total. The van der Waals surface area contributed by atoms with Crippen LogP contribution in [0.4, 0.5) is 5.69 Å². The van der Waals surface area contributed by atoms with Gasteiger partial charge < -0.3 is 10.4 Å². The molecule has 0 aliphatic heterocycles. The van der Waals surface area contributed by atoms with Gasteiger partial charge in [0.15, 0.2) is 0 Å². The average Bonchev–Trinajstić information content (AvgIpc) is 2.41. The van der Waals surface area contributed by atoms with Crippen LogP contribution < -0.4 is 5.32 Å². The maximum atomic E-state index is 11.9. The van der Waals surface area contributed by atoms with E-state index in [-0.39, 0.29) is 17.8 Å². The zero-order valence-corrected chi connectivity index (χ0v) is 12.5. The summed E-state index contributed by atoms with van der Waals surface area (Å²) >= 11 is 1.69. The van der Waals surface area contributed by atoms with Gasteiger partial charge in [-0.1, -0.05) is 25.5 Å². The van der Waals surface area contributed by atoms with Crippen LogP contribution in [0.3, 0.4) is 0 Å². The van der Waals surface area contributed by atoms with Crippen LogP contribution in [0.5, 0.6) is 0 Å². The first-order valence-corrected chi connectivity index (χ1v) is 7.84. The molecule has 1 rings (SSSR count). The summed E-state index contributed by atoms with van der Waals surface area (Å²) in [6.07, 6.45) is 2.96. The second-order valence-corrected chi connectivity index (χ2v) is 5.98. The molecule has 0 aliphatic carbocycles. The van der Waals surface area contributed by atoms with E-state index in [9.17, 15) is 4.79 Å². The van der Waals surface area contributed by atoms with Gasteiger partial charge in [0, 0.05) is 12.3 Å². The van der Waals surface area contributed by atoms with Crippen molar-refractivity contribution >= 4 is 23.4 Å². The number of aliphatic hydroxyl groups excluding tert-OH is 1. The van der Waals surface area contributed by atoms with Gasteiger partial charge in [0.2, 0.25) is 5.91 Å². The lowest BCUT2D eigenvalue weighted by Crippen LogP contribution is -2.22. The number of nitrogens with one attached hydrogen (secondary N) is 1. The molecule has 1 unspecified atom stereocenters. The van der Waals surface area contributed by atoms with E-state index in [0.717, 1.165) is 29.8 Å². The van der Waals surface area contributed by atoms with E-state index in [0.29, 0.717) is 6.42 Å². The zero-order chi connectivity index (χ0) is 14.1. The van der Waals surface area contributed by atoms with Crippen molar-refractivity contribution in [2.75, 3.05) is 17.7 Å². The fourth-order valence-corrected chi connectivity index (χ4v) is 2.63. The molecular weight excluding hydrogens is 258 g/mol. The van der Waals surface area contributed by atoms with Gasteiger partial charge in [0.1, 0.15) is 0 Å². The minimum atomic E-state index is -0.0244. The first-order valence-electron chi connectivity index (χ1n) is 6.79. The second kappa shape index (κ2) is 8.99. The Kier molecular flexibility index (Phi) is 7.60. The van der Waals surface area contributed by atoms with Crippen LogP contribution in [0.15, 0.2) is 24.3 Å². The van der Waals surface area contributed by atoms with E-state index < -0.39 is 0 Å². The zero-order valence-electron chi connectivity index (χ0n) is 11.7. The van der Waals surface area contributed by atoms with Gasteiger partial charge in [0.25, 0.3) is 0 Å². The van der Waals surface area contributed by atoms with Crippen LogP contribution in [0.1, 0.15) is 32.3 Å². The lowest BCUT2D eigenvalue weighted by Gasteiger charge is -2.12. The van der Waals surface area contributed by atoms with E-state index in [1.54, 1.807) is 11.8 Å². The minimum Gasteiger partial charge on any atom is -0.396 e. The molecule has 3 nitrogen and oxygen atoms in total. The Labute approximate surface area is 119 Å². The molecule has 4 heteroatoms. The van der Waals surface area contributed by atoms with Gasteiger partial charge in [-0.05, 0) is 43.2 Å². The lowest BCUT2D eigenvalue weighted by atomic mass is 10.1. The molecule has 0 saturated heterocycles. The van der Waals surface area contributed by atoms with E-state index >= 15 is 0 Å². The first kappa shape index (κ1) is 16.1. The Hall–Kier alpha value is -1.00. The fourth-order valence-electron chi connectivity index (χ4n) is 1.61. The minimum absolute atomic E-state index is 0.0244. The Balaban J connectivity index is 2.42. The van der Waals surface area contributed by atoms with Crippen LogP contribution in [0.2, 0.25) is 0 Å². The number of hydrogen-bond acceptors (Lipinski definition) is 3. The van der Waals surface area contributed by atoms with Crippen molar-refractivity contribution in [1.82, 2.24) is 0 Å². The highest BCUT2D eigenvalue weighted by molar-refractivity contribution is 8.00. The quantitative estimate of drug-likeness (QED) is 0.720. The van der Waals surface area contributed by atoms with Crippen LogP contribution >= 0.6 is 11.8 Å². The van der Waals surface area contributed by atoms with Crippen molar-refractivity contribution in [2.24, 2.45) is 0 Å². The summed E-state index contributed by atoms with van der Waals surface area (Å²) in [4.78, 5) is 11.9. The summed E-state index contributed by atoms with van der Waals surface area (Å²) in [5, 5.41) is 11.7. The summed E-state index contributed by atoms with van der Waals surface area (Å²) in [6, 6.07) is 7.63. The molecule has 1 aromatic carbocycles. The molecule has 0 aromatic heterocycles. The van der Waals surface area contributed by atoms with Crippen molar-refractivity contribution in [1.29, 1.82) is 0 Å².